The zero-order valence-electron chi connectivity index (χ0n) is 44.2. The minimum Gasteiger partial charge on any atom is -0.512 e. The standard InChI is InChI=1S/C38H44NO.C13H24O2.Ir/c1-35(2,3)22-25-20-28-27-15-18-39-32(24-19-23-13-11-12-14-26(23)29(21-24)36(4,5)6)34(27)40-33(28)31-30(25)37(7,8)16-17-38(31,9)10;1-5-10(6-2)12(14)9-13(15)11(7-3)8-4;/h11-15,18,20-21H,16-17,22H2,1-10H3;9-11,14H,5-8H2,1-4H3;/q-1;;/b;12-9-;/i11D,12D,13D,14D,15D,18D,20D,21D;;. The molecule has 1 aliphatic rings. The first-order valence-corrected chi connectivity index (χ1v) is 20.3. The summed E-state index contributed by atoms with van der Waals surface area (Å²) in [4.78, 5) is 16.2. The second-order valence-corrected chi connectivity index (χ2v) is 19.1. The minimum absolute atomic E-state index is 0. The van der Waals surface area contributed by atoms with Crippen LogP contribution in [-0.4, -0.2) is 15.9 Å². The van der Waals surface area contributed by atoms with E-state index in [0.717, 1.165) is 55.2 Å². The van der Waals surface area contributed by atoms with Gasteiger partial charge in [0.25, 0.3) is 0 Å². The third-order valence-electron chi connectivity index (χ3n) is 11.5. The van der Waals surface area contributed by atoms with E-state index in [1.165, 1.54) is 6.08 Å². The van der Waals surface area contributed by atoms with Gasteiger partial charge in [-0.3, -0.25) is 9.78 Å². The Kier molecular flexibility index (Phi) is 10.7. The van der Waals surface area contributed by atoms with Crippen molar-refractivity contribution in [3.05, 3.63) is 88.6 Å². The summed E-state index contributed by atoms with van der Waals surface area (Å²) in [6.45, 7) is 29.0. The van der Waals surface area contributed by atoms with Crippen LogP contribution >= 0.6 is 0 Å². The first kappa shape index (κ1) is 34.7. The van der Waals surface area contributed by atoms with Crippen molar-refractivity contribution in [2.24, 2.45) is 17.3 Å². The van der Waals surface area contributed by atoms with Crippen molar-refractivity contribution in [3.8, 4) is 11.3 Å². The predicted octanol–water partition coefficient (Wildman–Crippen LogP) is 14.7. The summed E-state index contributed by atoms with van der Waals surface area (Å²) in [7, 11) is 0. The number of ketones is 1. The fourth-order valence-electron chi connectivity index (χ4n) is 8.18. The van der Waals surface area contributed by atoms with E-state index < -0.39 is 11.5 Å². The second-order valence-electron chi connectivity index (χ2n) is 19.1. The Labute approximate surface area is 362 Å². The van der Waals surface area contributed by atoms with Crippen molar-refractivity contribution in [2.45, 2.75) is 158 Å². The monoisotopic (exact) mass is 944 g/mol. The van der Waals surface area contributed by atoms with Crippen LogP contribution in [0.2, 0.25) is 0 Å². The van der Waals surface area contributed by atoms with Crippen molar-refractivity contribution in [1.82, 2.24) is 4.98 Å². The van der Waals surface area contributed by atoms with Crippen LogP contribution in [-0.2, 0) is 47.6 Å². The number of aliphatic hydroxyl groups is 1. The van der Waals surface area contributed by atoms with Crippen LogP contribution in [0.4, 0.5) is 0 Å². The van der Waals surface area contributed by atoms with Gasteiger partial charge in [0.15, 0.2) is 5.78 Å². The van der Waals surface area contributed by atoms with Gasteiger partial charge in [-0.25, -0.2) is 0 Å². The molecule has 0 atom stereocenters. The Hall–Kier alpha value is -3.27. The van der Waals surface area contributed by atoms with Gasteiger partial charge < -0.3 is 9.52 Å². The molecule has 4 nitrogen and oxygen atoms in total. The summed E-state index contributed by atoms with van der Waals surface area (Å²) in [6, 6.07) is 1.90. The number of pyridine rings is 1. The first-order valence-electron chi connectivity index (χ1n) is 24.3. The molecule has 1 aliphatic carbocycles. The molecule has 2 heterocycles. The van der Waals surface area contributed by atoms with Gasteiger partial charge >= 0.3 is 0 Å². The van der Waals surface area contributed by atoms with Crippen molar-refractivity contribution in [2.75, 3.05) is 0 Å². The molecule has 0 spiro atoms. The molecule has 2 aromatic heterocycles. The molecule has 3 aromatic carbocycles. The van der Waals surface area contributed by atoms with E-state index in [2.05, 4.69) is 59.5 Å². The zero-order valence-corrected chi connectivity index (χ0v) is 38.6. The van der Waals surface area contributed by atoms with E-state index >= 15 is 0 Å². The minimum atomic E-state index is -0.714. The van der Waals surface area contributed by atoms with Crippen LogP contribution in [0.1, 0.15) is 169 Å². The summed E-state index contributed by atoms with van der Waals surface area (Å²) in [5.74, 6) is 0.547. The molecule has 5 aromatic rings. The first-order chi connectivity index (χ1) is 29.0. The van der Waals surface area contributed by atoms with Gasteiger partial charge in [0.05, 0.1) is 14.0 Å². The van der Waals surface area contributed by atoms with Gasteiger partial charge in [-0.2, -0.15) is 0 Å². The molecule has 1 N–H and O–H groups in total. The number of aliphatic hydroxyl groups excluding tert-OH is 1. The Balaban J connectivity index is 0.000000482. The Morgan fingerprint density at radius 3 is 2.02 bits per heavy atom. The largest absolute Gasteiger partial charge is 0.512 e. The van der Waals surface area contributed by atoms with E-state index in [-0.39, 0.29) is 130 Å². The zero-order chi connectivity index (χ0) is 47.6. The number of aromatic nitrogens is 1. The van der Waals surface area contributed by atoms with Gasteiger partial charge in [0.2, 0.25) is 0 Å². The third kappa shape index (κ3) is 9.37. The average molecular weight is 943 g/mol. The topological polar surface area (TPSA) is 63.3 Å². The van der Waals surface area contributed by atoms with Crippen molar-refractivity contribution in [1.29, 1.82) is 0 Å². The van der Waals surface area contributed by atoms with Crippen LogP contribution < -0.4 is 0 Å². The quantitative estimate of drug-likeness (QED) is 0.0908. The van der Waals surface area contributed by atoms with E-state index in [1.54, 1.807) is 0 Å². The van der Waals surface area contributed by atoms with Crippen molar-refractivity contribution < 1.29 is 45.4 Å². The smallest absolute Gasteiger partial charge is 0.162 e. The maximum absolute atomic E-state index is 11.7. The number of furan rings is 1. The normalized spacial score (nSPS) is 17.5. The molecule has 0 saturated heterocycles. The number of benzene rings is 3. The molecule has 0 saturated carbocycles. The molecule has 0 aliphatic heterocycles. The number of nitrogens with zero attached hydrogens (tertiary/aromatic N) is 1. The van der Waals surface area contributed by atoms with Crippen molar-refractivity contribution >= 4 is 38.5 Å². The van der Waals surface area contributed by atoms with Crippen molar-refractivity contribution in [3.63, 3.8) is 0 Å². The summed E-state index contributed by atoms with van der Waals surface area (Å²) < 4.78 is 78.2. The number of rotatable bonds is 9. The summed E-state index contributed by atoms with van der Waals surface area (Å²) in [6.07, 6.45) is 7.05. The van der Waals surface area contributed by atoms with E-state index in [4.69, 9.17) is 12.6 Å². The molecule has 0 fully saturated rings. The average Bonchev–Trinajstić information content (AvgIpc) is 3.58. The number of carbonyl (C=O) groups is 1. The second kappa shape index (κ2) is 17.3. The molecular weight excluding hydrogens is 867 g/mol. The van der Waals surface area contributed by atoms with E-state index in [0.29, 0.717) is 28.3 Å². The van der Waals surface area contributed by atoms with Gasteiger partial charge in [-0.15, -0.1) is 29.1 Å². The Morgan fingerprint density at radius 1 is 0.857 bits per heavy atom. The van der Waals surface area contributed by atoms with Gasteiger partial charge in [0.1, 0.15) is 11.2 Å². The maximum Gasteiger partial charge on any atom is 0.162 e. The van der Waals surface area contributed by atoms with Gasteiger partial charge in [-0.05, 0) is 89.8 Å². The number of fused-ring (bicyclic) bond motifs is 6. The van der Waals surface area contributed by atoms with Crippen LogP contribution in [0.15, 0.2) is 64.7 Å². The number of carbonyl (C=O) groups excluding carboxylic acids is 1. The Morgan fingerprint density at radius 2 is 1.45 bits per heavy atom. The Bertz CT molecular complexity index is 2640. The van der Waals surface area contributed by atoms with Crippen LogP contribution in [0.5, 0.6) is 0 Å². The molecule has 56 heavy (non-hydrogen) atoms. The fraction of sp³-hybridized carbons (Fsp3) is 0.529. The fourth-order valence-corrected chi connectivity index (χ4v) is 8.18. The van der Waals surface area contributed by atoms with Crippen LogP contribution in [0.3, 0.4) is 0 Å². The molecule has 6 rings (SSSR count). The predicted molar refractivity (Wildman–Crippen MR) is 234 cm³/mol. The molecular formula is C51H68IrNO3-. The van der Waals surface area contributed by atoms with E-state index in [9.17, 15) is 12.6 Å². The maximum atomic E-state index is 11.7. The summed E-state index contributed by atoms with van der Waals surface area (Å²) in [5, 5.41) is 10.9. The molecule has 0 amide bonds. The number of hydrogen-bond donors (Lipinski definition) is 1. The van der Waals surface area contributed by atoms with Gasteiger partial charge in [0, 0.05) is 69.0 Å². The SMILES string of the molecule is CCC(CC)C(=O)/C=C(\O)C(CC)CC.[2H]c1nc(-c2[c-]c3c([2H])c([2H])c([2H])c([2H])c3c(C(C)(C)C)c2[2H])c2oc3c4c(c(CC(C)(C)C)c([2H])c3c2c1[2H])C(C)(C)CCC4(C)C.[Ir]. The molecule has 305 valence electrons. The molecule has 0 bridgehead atoms. The molecule has 5 heteroatoms. The molecule has 1 radical (unpaired) electrons. The van der Waals surface area contributed by atoms with Gasteiger partial charge in [-0.1, -0.05) is 126 Å². The summed E-state index contributed by atoms with van der Waals surface area (Å²) in [5.41, 5.74) is 2.99. The molecule has 0 unspecified atom stereocenters. The van der Waals surface area contributed by atoms with Crippen LogP contribution in [0, 0.1) is 23.3 Å². The third-order valence-corrected chi connectivity index (χ3v) is 11.5. The van der Waals surface area contributed by atoms with E-state index in [1.807, 2.05) is 48.5 Å². The number of allylic oxidation sites excluding steroid dienone is 2. The van der Waals surface area contributed by atoms with Crippen LogP contribution in [0.25, 0.3) is 44.0 Å². The summed E-state index contributed by atoms with van der Waals surface area (Å²) >= 11 is 0. The number of hydrogen-bond acceptors (Lipinski definition) is 4.